The van der Waals surface area contributed by atoms with Crippen molar-refractivity contribution in [2.45, 2.75) is 71.0 Å². The third-order valence-corrected chi connectivity index (χ3v) is 7.21. The van der Waals surface area contributed by atoms with Crippen molar-refractivity contribution in [3.05, 3.63) is 0 Å². The molecule has 1 spiro atoms. The predicted molar refractivity (Wildman–Crippen MR) is 75.3 cm³/mol. The molecule has 2 saturated heterocycles. The maximum Gasteiger partial charge on any atom is 0.312 e. The van der Waals surface area contributed by atoms with Gasteiger partial charge < -0.3 is 9.47 Å². The Morgan fingerprint density at radius 3 is 2.57 bits per heavy atom. The average Bonchev–Trinajstić information content (AvgIpc) is 2.90. The standard InChI is InChI=1S/C17H24O4/c1-10-9-11-13-15(2,14(19)20-11)6-4-7-16(13,3)17(10)8-5-12(18)21-17/h10-11,13H,4-9H2,1-3H3/t10-,11-,13+,15+,16+,17-/m1/s1. The Hall–Kier alpha value is -1.06. The van der Waals surface area contributed by atoms with Gasteiger partial charge in [-0.3, -0.25) is 9.59 Å². The van der Waals surface area contributed by atoms with E-state index >= 15 is 0 Å². The highest BCUT2D eigenvalue weighted by molar-refractivity contribution is 5.80. The summed E-state index contributed by atoms with van der Waals surface area (Å²) < 4.78 is 11.7. The zero-order valence-electron chi connectivity index (χ0n) is 13.1. The first-order chi connectivity index (χ1) is 9.83. The van der Waals surface area contributed by atoms with E-state index < -0.39 is 0 Å². The van der Waals surface area contributed by atoms with Gasteiger partial charge in [0.05, 0.1) is 5.41 Å². The number of ether oxygens (including phenoxy) is 2. The first kappa shape index (κ1) is 13.6. The van der Waals surface area contributed by atoms with Crippen molar-refractivity contribution < 1.29 is 19.1 Å². The van der Waals surface area contributed by atoms with Crippen LogP contribution in [-0.4, -0.2) is 23.6 Å². The summed E-state index contributed by atoms with van der Waals surface area (Å²) in [6, 6.07) is 0. The minimum atomic E-state index is -0.389. The summed E-state index contributed by atoms with van der Waals surface area (Å²) in [6.07, 6.45) is 5.10. The van der Waals surface area contributed by atoms with Crippen LogP contribution in [0.2, 0.25) is 0 Å². The van der Waals surface area contributed by atoms with Crippen molar-refractivity contribution in [3.63, 3.8) is 0 Å². The first-order valence-electron chi connectivity index (χ1n) is 8.26. The Bertz CT molecular complexity index is 529. The number of fused-ring (bicyclic) bond motifs is 1. The highest BCUT2D eigenvalue weighted by atomic mass is 16.6. The van der Waals surface area contributed by atoms with Crippen molar-refractivity contribution in [1.29, 1.82) is 0 Å². The van der Waals surface area contributed by atoms with Gasteiger partial charge in [-0.05, 0) is 32.6 Å². The Kier molecular flexibility index (Phi) is 2.47. The van der Waals surface area contributed by atoms with Crippen LogP contribution in [0.5, 0.6) is 0 Å². The fourth-order valence-electron chi connectivity index (χ4n) is 6.33. The summed E-state index contributed by atoms with van der Waals surface area (Å²) >= 11 is 0. The maximum atomic E-state index is 12.5. The molecule has 0 aromatic rings. The van der Waals surface area contributed by atoms with E-state index in [1.807, 2.05) is 0 Å². The second-order valence-corrected chi connectivity index (χ2v) is 8.11. The van der Waals surface area contributed by atoms with Gasteiger partial charge in [-0.25, -0.2) is 0 Å². The van der Waals surface area contributed by atoms with Crippen LogP contribution >= 0.6 is 0 Å². The van der Waals surface area contributed by atoms with Crippen LogP contribution in [0.4, 0.5) is 0 Å². The molecule has 4 nitrogen and oxygen atoms in total. The third kappa shape index (κ3) is 1.37. The van der Waals surface area contributed by atoms with Gasteiger partial charge in [0.1, 0.15) is 11.7 Å². The molecule has 2 saturated carbocycles. The Balaban J connectivity index is 1.86. The summed E-state index contributed by atoms with van der Waals surface area (Å²) in [7, 11) is 0. The lowest BCUT2D eigenvalue weighted by Crippen LogP contribution is -2.64. The van der Waals surface area contributed by atoms with Crippen molar-refractivity contribution in [2.75, 3.05) is 0 Å². The van der Waals surface area contributed by atoms with Crippen LogP contribution in [0.15, 0.2) is 0 Å². The van der Waals surface area contributed by atoms with Gasteiger partial charge in [0.15, 0.2) is 0 Å². The molecule has 2 aliphatic carbocycles. The number of hydrogen-bond acceptors (Lipinski definition) is 4. The number of rotatable bonds is 0. The van der Waals surface area contributed by atoms with Crippen molar-refractivity contribution in [3.8, 4) is 0 Å². The second kappa shape index (κ2) is 3.82. The van der Waals surface area contributed by atoms with E-state index in [2.05, 4.69) is 20.8 Å². The van der Waals surface area contributed by atoms with E-state index in [1.165, 1.54) is 0 Å². The molecule has 0 unspecified atom stereocenters. The van der Waals surface area contributed by atoms with Gasteiger partial charge in [-0.1, -0.05) is 20.3 Å². The van der Waals surface area contributed by atoms with E-state index in [1.54, 1.807) is 0 Å². The van der Waals surface area contributed by atoms with Gasteiger partial charge in [0, 0.05) is 23.7 Å². The molecule has 0 bridgehead atoms. The van der Waals surface area contributed by atoms with Crippen LogP contribution in [-0.2, 0) is 19.1 Å². The summed E-state index contributed by atoms with van der Waals surface area (Å²) in [6.45, 7) is 6.48. The molecule has 4 heteroatoms. The monoisotopic (exact) mass is 292 g/mol. The SMILES string of the molecule is C[C@@H]1C[C@H]2OC(=O)[C@@]3(C)CCC[C@@](C)([C@@H]23)[C@@]12CCC(=O)O2. The van der Waals surface area contributed by atoms with E-state index in [9.17, 15) is 9.59 Å². The Labute approximate surface area is 125 Å². The van der Waals surface area contributed by atoms with Gasteiger partial charge >= 0.3 is 11.9 Å². The molecule has 4 rings (SSSR count). The minimum absolute atomic E-state index is 0.00715. The molecule has 2 heterocycles. The van der Waals surface area contributed by atoms with E-state index in [4.69, 9.17) is 9.47 Å². The van der Waals surface area contributed by atoms with Crippen molar-refractivity contribution >= 4 is 11.9 Å². The highest BCUT2D eigenvalue weighted by Crippen LogP contribution is 2.68. The highest BCUT2D eigenvalue weighted by Gasteiger charge is 2.73. The molecule has 6 atom stereocenters. The first-order valence-corrected chi connectivity index (χ1v) is 8.26. The third-order valence-electron chi connectivity index (χ3n) is 7.21. The largest absolute Gasteiger partial charge is 0.462 e. The Morgan fingerprint density at radius 1 is 1.14 bits per heavy atom. The van der Waals surface area contributed by atoms with Gasteiger partial charge in [0.2, 0.25) is 0 Å². The van der Waals surface area contributed by atoms with Crippen molar-refractivity contribution in [2.24, 2.45) is 22.7 Å². The normalized spacial score (nSPS) is 55.3. The van der Waals surface area contributed by atoms with Gasteiger partial charge in [-0.2, -0.15) is 0 Å². The molecule has 116 valence electrons. The topological polar surface area (TPSA) is 52.6 Å². The number of carbonyl (C=O) groups is 2. The minimum Gasteiger partial charge on any atom is -0.462 e. The molecule has 0 aromatic heterocycles. The number of hydrogen-bond donors (Lipinski definition) is 0. The summed E-state index contributed by atoms with van der Waals surface area (Å²) in [4.78, 5) is 24.3. The molecule has 0 N–H and O–H groups in total. The number of carbonyl (C=O) groups excluding carboxylic acids is 2. The van der Waals surface area contributed by atoms with Gasteiger partial charge in [-0.15, -0.1) is 0 Å². The lowest BCUT2D eigenvalue weighted by Gasteiger charge is -2.60. The Morgan fingerprint density at radius 2 is 1.90 bits per heavy atom. The quantitative estimate of drug-likeness (QED) is 0.644. The smallest absolute Gasteiger partial charge is 0.312 e. The van der Waals surface area contributed by atoms with Crippen LogP contribution in [0.3, 0.4) is 0 Å². The zero-order valence-corrected chi connectivity index (χ0v) is 13.1. The van der Waals surface area contributed by atoms with Crippen LogP contribution in [0, 0.1) is 22.7 Å². The molecule has 2 aliphatic heterocycles. The lowest BCUT2D eigenvalue weighted by molar-refractivity contribution is -0.219. The summed E-state index contributed by atoms with van der Waals surface area (Å²) in [5.41, 5.74) is -0.915. The fourth-order valence-corrected chi connectivity index (χ4v) is 6.33. The molecule has 0 aromatic carbocycles. The molecule has 4 fully saturated rings. The second-order valence-electron chi connectivity index (χ2n) is 8.11. The van der Waals surface area contributed by atoms with E-state index in [0.717, 1.165) is 32.1 Å². The fraction of sp³-hybridized carbons (Fsp3) is 0.882. The summed E-state index contributed by atoms with van der Waals surface area (Å²) in [5, 5.41) is 0. The van der Waals surface area contributed by atoms with Gasteiger partial charge in [0.25, 0.3) is 0 Å². The molecule has 0 radical (unpaired) electrons. The predicted octanol–water partition coefficient (Wildman–Crippen LogP) is 2.84. The van der Waals surface area contributed by atoms with Crippen molar-refractivity contribution in [1.82, 2.24) is 0 Å². The van der Waals surface area contributed by atoms with E-state index in [0.29, 0.717) is 6.42 Å². The van der Waals surface area contributed by atoms with Crippen LogP contribution < -0.4 is 0 Å². The molecule has 4 aliphatic rings. The molecular weight excluding hydrogens is 268 g/mol. The molecular formula is C17H24O4. The van der Waals surface area contributed by atoms with Crippen LogP contribution in [0.25, 0.3) is 0 Å². The lowest BCUT2D eigenvalue weighted by atomic mass is 9.44. The summed E-state index contributed by atoms with van der Waals surface area (Å²) in [5.74, 6) is 0.341. The molecule has 21 heavy (non-hydrogen) atoms. The maximum absolute atomic E-state index is 12.5. The van der Waals surface area contributed by atoms with E-state index in [-0.39, 0.29) is 46.3 Å². The number of esters is 2. The zero-order chi connectivity index (χ0) is 15.0. The molecule has 0 amide bonds. The average molecular weight is 292 g/mol. The van der Waals surface area contributed by atoms with Crippen LogP contribution in [0.1, 0.15) is 59.3 Å².